The van der Waals surface area contributed by atoms with E-state index in [-0.39, 0.29) is 12.6 Å². The van der Waals surface area contributed by atoms with E-state index in [0.717, 1.165) is 17.1 Å². The van der Waals surface area contributed by atoms with Gasteiger partial charge in [0.05, 0.1) is 37.1 Å². The summed E-state index contributed by atoms with van der Waals surface area (Å²) in [6.07, 6.45) is 5.24. The molecule has 1 atom stereocenters. The first-order valence-corrected chi connectivity index (χ1v) is 11.0. The Hall–Kier alpha value is -4.21. The second-order valence-corrected chi connectivity index (χ2v) is 8.23. The van der Waals surface area contributed by atoms with Crippen molar-refractivity contribution >= 4 is 17.5 Å². The third-order valence-corrected chi connectivity index (χ3v) is 5.97. The monoisotopic (exact) mass is 478 g/mol. The number of aromatic nitrogens is 4. The summed E-state index contributed by atoms with van der Waals surface area (Å²) in [5.74, 6) is 1.60. The molecule has 1 aliphatic heterocycles. The van der Waals surface area contributed by atoms with Gasteiger partial charge < -0.3 is 24.3 Å². The zero-order valence-electron chi connectivity index (χ0n) is 19.5. The molecule has 2 aromatic heterocycles. The number of methoxy groups -OCH3 is 1. The fraction of sp³-hybridized carbons (Fsp3) is 0.240. The Bertz CT molecular complexity index is 1380. The van der Waals surface area contributed by atoms with Crippen LogP contribution < -0.4 is 19.7 Å². The Balaban J connectivity index is 1.41. The molecule has 5 rings (SSSR count). The number of anilines is 3. The number of nitrogens with one attached hydrogen (secondary N) is 1. The van der Waals surface area contributed by atoms with Crippen molar-refractivity contribution in [1.82, 2.24) is 19.5 Å². The molecule has 0 saturated heterocycles. The fourth-order valence-electron chi connectivity index (χ4n) is 4.17. The first-order chi connectivity index (χ1) is 17.0. The predicted molar refractivity (Wildman–Crippen MR) is 128 cm³/mol. The summed E-state index contributed by atoms with van der Waals surface area (Å²) >= 11 is 0. The van der Waals surface area contributed by atoms with Crippen molar-refractivity contribution < 1.29 is 18.3 Å². The molecule has 0 aliphatic carbocycles. The van der Waals surface area contributed by atoms with Gasteiger partial charge in [-0.05, 0) is 42.3 Å². The number of aryl methyl sites for hydroxylation is 1. The van der Waals surface area contributed by atoms with Gasteiger partial charge in [0.25, 0.3) is 0 Å². The molecule has 1 aliphatic rings. The second-order valence-electron chi connectivity index (χ2n) is 8.23. The predicted octanol–water partition coefficient (Wildman–Crippen LogP) is 4.90. The van der Waals surface area contributed by atoms with E-state index in [0.29, 0.717) is 34.4 Å². The van der Waals surface area contributed by atoms with Gasteiger partial charge in [-0.1, -0.05) is 6.07 Å². The van der Waals surface area contributed by atoms with E-state index in [4.69, 9.17) is 9.47 Å². The lowest BCUT2D eigenvalue weighted by Gasteiger charge is -2.35. The van der Waals surface area contributed by atoms with Crippen molar-refractivity contribution in [1.29, 1.82) is 0 Å². The molecule has 180 valence electrons. The molecule has 0 fully saturated rings. The standard InChI is InChI=1S/C25H24F2N6O2/c1-15-12-33(14-29-15)20-7-5-18(9-22(20)34-3)30-25-28-11-23-24(31-25)32(2)21(13-35-23)19-6-4-17(27)8-16(19)10-26/h4-9,11-12,14,21H,10,13H2,1-3H3,(H,28,30,31). The van der Waals surface area contributed by atoms with Gasteiger partial charge in [-0.2, -0.15) is 4.98 Å². The van der Waals surface area contributed by atoms with Crippen molar-refractivity contribution in [3.05, 3.63) is 77.8 Å². The van der Waals surface area contributed by atoms with Crippen LogP contribution in [0.5, 0.6) is 11.5 Å². The molecule has 2 aromatic carbocycles. The Morgan fingerprint density at radius 2 is 2.06 bits per heavy atom. The molecule has 4 aromatic rings. The third-order valence-electron chi connectivity index (χ3n) is 5.97. The number of ether oxygens (including phenoxy) is 2. The molecule has 8 nitrogen and oxygen atoms in total. The minimum Gasteiger partial charge on any atom is -0.494 e. The van der Waals surface area contributed by atoms with Gasteiger partial charge in [0, 0.05) is 25.0 Å². The summed E-state index contributed by atoms with van der Waals surface area (Å²) in [4.78, 5) is 15.2. The minimum absolute atomic E-state index is 0.269. The molecule has 10 heteroatoms. The largest absolute Gasteiger partial charge is 0.494 e. The van der Waals surface area contributed by atoms with Crippen LogP contribution in [-0.2, 0) is 6.67 Å². The maximum atomic E-state index is 13.6. The van der Waals surface area contributed by atoms with Crippen molar-refractivity contribution in [2.75, 3.05) is 31.0 Å². The first kappa shape index (κ1) is 22.6. The highest BCUT2D eigenvalue weighted by Gasteiger charge is 2.30. The Kier molecular flexibility index (Phi) is 5.94. The zero-order chi connectivity index (χ0) is 24.5. The molecule has 0 saturated carbocycles. The average Bonchev–Trinajstić information content (AvgIpc) is 3.30. The number of likely N-dealkylation sites (N-methyl/N-ethyl adjacent to an activating group) is 1. The van der Waals surface area contributed by atoms with Gasteiger partial charge in [0.2, 0.25) is 5.95 Å². The van der Waals surface area contributed by atoms with Crippen LogP contribution in [0.15, 0.2) is 55.1 Å². The summed E-state index contributed by atoms with van der Waals surface area (Å²) < 4.78 is 40.5. The number of halogens is 2. The number of hydrogen-bond acceptors (Lipinski definition) is 7. The van der Waals surface area contributed by atoms with Crippen LogP contribution in [0.1, 0.15) is 22.9 Å². The van der Waals surface area contributed by atoms with Gasteiger partial charge in [-0.3, -0.25) is 0 Å². The van der Waals surface area contributed by atoms with Crippen LogP contribution in [-0.4, -0.2) is 40.3 Å². The van der Waals surface area contributed by atoms with Crippen molar-refractivity contribution in [3.63, 3.8) is 0 Å². The summed E-state index contributed by atoms with van der Waals surface area (Å²) in [6, 6.07) is 9.47. The Labute approximate surface area is 201 Å². The highest BCUT2D eigenvalue weighted by atomic mass is 19.1. The van der Waals surface area contributed by atoms with E-state index >= 15 is 0 Å². The zero-order valence-corrected chi connectivity index (χ0v) is 19.5. The molecule has 0 bridgehead atoms. The van der Waals surface area contributed by atoms with Crippen molar-refractivity contribution in [2.24, 2.45) is 0 Å². The molecule has 3 heterocycles. The lowest BCUT2D eigenvalue weighted by molar-refractivity contribution is 0.263. The number of benzene rings is 2. The molecule has 0 spiro atoms. The van der Waals surface area contributed by atoms with Crippen molar-refractivity contribution in [3.8, 4) is 17.2 Å². The van der Waals surface area contributed by atoms with Crippen LogP contribution in [0.4, 0.5) is 26.2 Å². The van der Waals surface area contributed by atoms with Crippen LogP contribution in [0, 0.1) is 12.7 Å². The number of nitrogens with zero attached hydrogens (tertiary/aromatic N) is 5. The number of rotatable bonds is 6. The summed E-state index contributed by atoms with van der Waals surface area (Å²) in [5, 5.41) is 3.20. The number of fused-ring (bicyclic) bond motifs is 1. The maximum Gasteiger partial charge on any atom is 0.229 e. The summed E-state index contributed by atoms with van der Waals surface area (Å²) in [7, 11) is 3.45. The number of hydrogen-bond donors (Lipinski definition) is 1. The van der Waals surface area contributed by atoms with Crippen LogP contribution in [0.3, 0.4) is 0 Å². The van der Waals surface area contributed by atoms with Crippen LogP contribution in [0.2, 0.25) is 0 Å². The van der Waals surface area contributed by atoms with E-state index in [1.54, 1.807) is 25.7 Å². The van der Waals surface area contributed by atoms with Gasteiger partial charge in [-0.15, -0.1) is 0 Å². The second kappa shape index (κ2) is 9.21. The Morgan fingerprint density at radius 3 is 2.80 bits per heavy atom. The molecule has 35 heavy (non-hydrogen) atoms. The molecule has 0 radical (unpaired) electrons. The molecule has 1 N–H and O–H groups in total. The molecular formula is C25H24F2N6O2. The quantitative estimate of drug-likeness (QED) is 0.422. The van der Waals surface area contributed by atoms with E-state index in [9.17, 15) is 8.78 Å². The Morgan fingerprint density at radius 1 is 1.20 bits per heavy atom. The van der Waals surface area contributed by atoms with E-state index < -0.39 is 12.5 Å². The third kappa shape index (κ3) is 4.34. The van der Waals surface area contributed by atoms with Crippen molar-refractivity contribution in [2.45, 2.75) is 19.6 Å². The SMILES string of the molecule is COc1cc(Nc2ncc3c(n2)N(C)C(c2ccc(F)cc2CF)CO3)ccc1-n1cnc(C)c1. The van der Waals surface area contributed by atoms with Gasteiger partial charge in [0.1, 0.15) is 24.8 Å². The van der Waals surface area contributed by atoms with Gasteiger partial charge in [0.15, 0.2) is 11.6 Å². The average molecular weight is 479 g/mol. The summed E-state index contributed by atoms with van der Waals surface area (Å²) in [6.45, 7) is 1.42. The van der Waals surface area contributed by atoms with Crippen LogP contribution >= 0.6 is 0 Å². The van der Waals surface area contributed by atoms with E-state index in [1.165, 1.54) is 12.1 Å². The van der Waals surface area contributed by atoms with E-state index in [2.05, 4.69) is 20.3 Å². The lowest BCUT2D eigenvalue weighted by atomic mass is 9.99. The normalized spacial score (nSPS) is 14.9. The first-order valence-electron chi connectivity index (χ1n) is 11.0. The van der Waals surface area contributed by atoms with Gasteiger partial charge in [-0.25, -0.2) is 18.7 Å². The lowest BCUT2D eigenvalue weighted by Crippen LogP contribution is -2.35. The fourth-order valence-corrected chi connectivity index (χ4v) is 4.17. The number of imidazole rings is 1. The topological polar surface area (TPSA) is 77.3 Å². The molecular weight excluding hydrogens is 454 g/mol. The highest BCUT2D eigenvalue weighted by molar-refractivity contribution is 5.64. The molecule has 1 unspecified atom stereocenters. The number of alkyl halides is 1. The van der Waals surface area contributed by atoms with Crippen LogP contribution in [0.25, 0.3) is 5.69 Å². The summed E-state index contributed by atoms with van der Waals surface area (Å²) in [5.41, 5.74) is 3.44. The van der Waals surface area contributed by atoms with E-state index in [1.807, 2.05) is 47.8 Å². The minimum atomic E-state index is -0.767. The maximum absolute atomic E-state index is 13.6. The smallest absolute Gasteiger partial charge is 0.229 e. The highest BCUT2D eigenvalue weighted by Crippen LogP contribution is 2.38. The van der Waals surface area contributed by atoms with Gasteiger partial charge >= 0.3 is 0 Å². The molecule has 0 amide bonds.